The first-order valence-corrected chi connectivity index (χ1v) is 7.81. The third-order valence-electron chi connectivity index (χ3n) is 2.92. The first kappa shape index (κ1) is 16.5. The second-order valence-electron chi connectivity index (χ2n) is 4.59. The number of benzene rings is 2. The van der Waals surface area contributed by atoms with Crippen molar-refractivity contribution in [3.8, 4) is 0 Å². The van der Waals surface area contributed by atoms with Crippen LogP contribution in [0.5, 0.6) is 0 Å². The Morgan fingerprint density at radius 3 is 2.23 bits per heavy atom. The Labute approximate surface area is 142 Å². The van der Waals surface area contributed by atoms with Crippen molar-refractivity contribution in [1.82, 2.24) is 5.32 Å². The number of hydrogen-bond donors (Lipinski definition) is 2. The van der Waals surface area contributed by atoms with Crippen LogP contribution in [0.3, 0.4) is 0 Å². The Bertz CT molecular complexity index is 657. The van der Waals surface area contributed by atoms with Crippen LogP contribution in [0.2, 0.25) is 5.02 Å². The van der Waals surface area contributed by atoms with Crippen LogP contribution in [0.4, 0.5) is 5.69 Å². The number of nitrogens with one attached hydrogen (secondary N) is 2. The van der Waals surface area contributed by atoms with Crippen molar-refractivity contribution < 1.29 is 9.59 Å². The summed E-state index contributed by atoms with van der Waals surface area (Å²) in [6.07, 6.45) is 0.660. The molecule has 2 N–H and O–H groups in total. The maximum absolute atomic E-state index is 11.7. The molecule has 0 aliphatic carbocycles. The summed E-state index contributed by atoms with van der Waals surface area (Å²) in [5.41, 5.74) is 1.61. The zero-order valence-electron chi connectivity index (χ0n) is 11.6. The molecule has 0 aliphatic rings. The molecule has 2 aromatic carbocycles. The monoisotopic (exact) mass is 380 g/mol. The number of rotatable bonds is 4. The van der Waals surface area contributed by atoms with Gasteiger partial charge in [-0.15, -0.1) is 0 Å². The highest BCUT2D eigenvalue weighted by molar-refractivity contribution is 9.10. The molecule has 0 aliphatic heterocycles. The molecule has 0 spiro atoms. The van der Waals surface area contributed by atoms with E-state index in [9.17, 15) is 9.59 Å². The maximum Gasteiger partial charge on any atom is 0.313 e. The van der Waals surface area contributed by atoms with Gasteiger partial charge in [-0.05, 0) is 48.4 Å². The maximum atomic E-state index is 11.7. The zero-order valence-corrected chi connectivity index (χ0v) is 13.9. The quantitative estimate of drug-likeness (QED) is 0.798. The van der Waals surface area contributed by atoms with E-state index in [4.69, 9.17) is 11.6 Å². The third-order valence-corrected chi connectivity index (χ3v) is 3.70. The van der Waals surface area contributed by atoms with Crippen molar-refractivity contribution in [3.63, 3.8) is 0 Å². The van der Waals surface area contributed by atoms with Gasteiger partial charge in [0.05, 0.1) is 0 Å². The summed E-state index contributed by atoms with van der Waals surface area (Å²) in [5.74, 6) is -1.36. The zero-order chi connectivity index (χ0) is 15.9. The Balaban J connectivity index is 1.77. The molecule has 0 atom stereocenters. The topological polar surface area (TPSA) is 58.2 Å². The summed E-state index contributed by atoms with van der Waals surface area (Å²) in [7, 11) is 0. The molecule has 4 nitrogen and oxygen atoms in total. The number of anilines is 1. The van der Waals surface area contributed by atoms with Crippen molar-refractivity contribution in [2.45, 2.75) is 6.42 Å². The fourth-order valence-electron chi connectivity index (χ4n) is 1.77. The molecule has 22 heavy (non-hydrogen) atoms. The Hall–Kier alpha value is -1.85. The summed E-state index contributed by atoms with van der Waals surface area (Å²) >= 11 is 9.11. The molecule has 2 aromatic rings. The number of carbonyl (C=O) groups is 2. The summed E-state index contributed by atoms with van der Waals surface area (Å²) in [6, 6.07) is 14.3. The van der Waals surface area contributed by atoms with Gasteiger partial charge in [0.15, 0.2) is 0 Å². The molecule has 0 saturated carbocycles. The van der Waals surface area contributed by atoms with E-state index in [-0.39, 0.29) is 0 Å². The second kappa shape index (κ2) is 7.96. The van der Waals surface area contributed by atoms with Crippen LogP contribution in [-0.2, 0) is 16.0 Å². The van der Waals surface area contributed by atoms with Crippen molar-refractivity contribution in [2.75, 3.05) is 11.9 Å². The molecule has 2 rings (SSSR count). The highest BCUT2D eigenvalue weighted by Gasteiger charge is 2.12. The fourth-order valence-corrected chi connectivity index (χ4v) is 2.16. The van der Waals surface area contributed by atoms with Gasteiger partial charge in [-0.2, -0.15) is 0 Å². The van der Waals surface area contributed by atoms with Gasteiger partial charge < -0.3 is 10.6 Å². The number of hydrogen-bond acceptors (Lipinski definition) is 2. The molecule has 0 saturated heterocycles. The van der Waals surface area contributed by atoms with Crippen LogP contribution < -0.4 is 10.6 Å². The number of amides is 2. The molecule has 2 amide bonds. The van der Waals surface area contributed by atoms with Gasteiger partial charge in [-0.1, -0.05) is 39.7 Å². The SMILES string of the molecule is O=C(NCCc1ccc(Br)cc1)C(=O)Nc1ccc(Cl)cc1. The molecule has 114 valence electrons. The van der Waals surface area contributed by atoms with E-state index in [1.807, 2.05) is 24.3 Å². The van der Waals surface area contributed by atoms with Gasteiger partial charge in [-0.25, -0.2) is 0 Å². The molecule has 0 fully saturated rings. The van der Waals surface area contributed by atoms with Crippen LogP contribution in [-0.4, -0.2) is 18.4 Å². The predicted molar refractivity (Wildman–Crippen MR) is 90.9 cm³/mol. The van der Waals surface area contributed by atoms with Gasteiger partial charge in [0, 0.05) is 21.7 Å². The lowest BCUT2D eigenvalue weighted by Gasteiger charge is -2.07. The van der Waals surface area contributed by atoms with Crippen molar-refractivity contribution in [1.29, 1.82) is 0 Å². The van der Waals surface area contributed by atoms with E-state index in [1.165, 1.54) is 0 Å². The molecule has 0 radical (unpaired) electrons. The Kier molecular flexibility index (Phi) is 5.98. The van der Waals surface area contributed by atoms with E-state index in [1.54, 1.807) is 24.3 Å². The largest absolute Gasteiger partial charge is 0.347 e. The summed E-state index contributed by atoms with van der Waals surface area (Å²) < 4.78 is 1.00. The summed E-state index contributed by atoms with van der Waals surface area (Å²) in [6.45, 7) is 0.397. The van der Waals surface area contributed by atoms with E-state index < -0.39 is 11.8 Å². The Morgan fingerprint density at radius 1 is 0.955 bits per heavy atom. The third kappa shape index (κ3) is 5.16. The average Bonchev–Trinajstić information content (AvgIpc) is 2.51. The van der Waals surface area contributed by atoms with Crippen LogP contribution in [0.25, 0.3) is 0 Å². The summed E-state index contributed by atoms with van der Waals surface area (Å²) in [4.78, 5) is 23.4. The van der Waals surface area contributed by atoms with Crippen LogP contribution in [0.15, 0.2) is 53.0 Å². The molecule has 6 heteroatoms. The van der Waals surface area contributed by atoms with Gasteiger partial charge >= 0.3 is 11.8 Å². The van der Waals surface area contributed by atoms with Gasteiger partial charge in [0.1, 0.15) is 0 Å². The van der Waals surface area contributed by atoms with Crippen molar-refractivity contribution >= 4 is 45.0 Å². The predicted octanol–water partition coefficient (Wildman–Crippen LogP) is 3.40. The minimum atomic E-state index is -0.696. The molecular weight excluding hydrogens is 368 g/mol. The van der Waals surface area contributed by atoms with Gasteiger partial charge in [0.2, 0.25) is 0 Å². The van der Waals surface area contributed by atoms with Crippen molar-refractivity contribution in [3.05, 3.63) is 63.6 Å². The van der Waals surface area contributed by atoms with E-state index in [0.29, 0.717) is 23.7 Å². The molecule has 0 bridgehead atoms. The van der Waals surface area contributed by atoms with Crippen LogP contribution >= 0.6 is 27.5 Å². The van der Waals surface area contributed by atoms with Crippen LogP contribution in [0.1, 0.15) is 5.56 Å². The highest BCUT2D eigenvalue weighted by Crippen LogP contribution is 2.13. The molecule has 0 unspecified atom stereocenters. The molecule has 0 aromatic heterocycles. The first-order chi connectivity index (χ1) is 10.5. The normalized spacial score (nSPS) is 10.1. The first-order valence-electron chi connectivity index (χ1n) is 6.64. The number of carbonyl (C=O) groups excluding carboxylic acids is 2. The molecular formula is C16H14BrClN2O2. The smallest absolute Gasteiger partial charge is 0.313 e. The molecule has 0 heterocycles. The van der Waals surface area contributed by atoms with Gasteiger partial charge in [0.25, 0.3) is 0 Å². The van der Waals surface area contributed by atoms with E-state index in [0.717, 1.165) is 10.0 Å². The van der Waals surface area contributed by atoms with Gasteiger partial charge in [-0.3, -0.25) is 9.59 Å². The lowest BCUT2D eigenvalue weighted by Crippen LogP contribution is -2.36. The van der Waals surface area contributed by atoms with Crippen LogP contribution in [0, 0.1) is 0 Å². The fraction of sp³-hybridized carbons (Fsp3) is 0.125. The summed E-state index contributed by atoms with van der Waals surface area (Å²) in [5, 5.41) is 5.66. The second-order valence-corrected chi connectivity index (χ2v) is 5.95. The highest BCUT2D eigenvalue weighted by atomic mass is 79.9. The lowest BCUT2D eigenvalue weighted by molar-refractivity contribution is -0.136. The minimum Gasteiger partial charge on any atom is -0.347 e. The Morgan fingerprint density at radius 2 is 1.59 bits per heavy atom. The minimum absolute atomic E-state index is 0.397. The van der Waals surface area contributed by atoms with Crippen molar-refractivity contribution in [2.24, 2.45) is 0 Å². The standard InChI is InChI=1S/C16H14BrClN2O2/c17-12-3-1-11(2-4-12)9-10-19-15(21)16(22)20-14-7-5-13(18)6-8-14/h1-8H,9-10H2,(H,19,21)(H,20,22). The lowest BCUT2D eigenvalue weighted by atomic mass is 10.1. The van der Waals surface area contributed by atoms with E-state index >= 15 is 0 Å². The average molecular weight is 382 g/mol. The number of halogens is 2. The van der Waals surface area contributed by atoms with E-state index in [2.05, 4.69) is 26.6 Å².